The summed E-state index contributed by atoms with van der Waals surface area (Å²) in [6, 6.07) is 14.4. The van der Waals surface area contributed by atoms with Gasteiger partial charge in [-0.05, 0) is 37.3 Å². The summed E-state index contributed by atoms with van der Waals surface area (Å²) in [4.78, 5) is 28.4. The molecule has 8 heteroatoms. The Hall–Kier alpha value is -3.26. The fourth-order valence-corrected chi connectivity index (χ4v) is 3.56. The van der Waals surface area contributed by atoms with Gasteiger partial charge in [0.2, 0.25) is 5.91 Å². The molecule has 1 heterocycles. The molecule has 156 valence electrons. The molecule has 1 amide bonds. The number of anilines is 1. The number of esters is 1. The normalized spacial score (nSPS) is 10.5. The number of imidazole rings is 1. The molecule has 30 heavy (non-hydrogen) atoms. The van der Waals surface area contributed by atoms with Gasteiger partial charge in [0.1, 0.15) is 5.75 Å². The van der Waals surface area contributed by atoms with Gasteiger partial charge >= 0.3 is 5.97 Å². The van der Waals surface area contributed by atoms with E-state index in [-0.39, 0.29) is 17.6 Å². The summed E-state index contributed by atoms with van der Waals surface area (Å²) in [5, 5.41) is 3.57. The standard InChI is InChI=1S/C22H23N3O4S/c1-3-29-21(27)16-8-10-18(11-9-16)24-20(26)15-30-22-23-12-13-25(22)14-17-6-4-5-7-19(17)28-2/h4-13H,3,14-15H2,1-2H3,(H,24,26). The Balaban J connectivity index is 1.56. The highest BCUT2D eigenvalue weighted by Crippen LogP contribution is 2.22. The minimum atomic E-state index is -0.382. The first kappa shape index (κ1) is 21.4. The van der Waals surface area contributed by atoms with Gasteiger partial charge in [0.25, 0.3) is 0 Å². The lowest BCUT2D eigenvalue weighted by molar-refractivity contribution is -0.113. The average Bonchev–Trinajstić information content (AvgIpc) is 3.20. The number of benzene rings is 2. The molecule has 0 fully saturated rings. The lowest BCUT2D eigenvalue weighted by atomic mass is 10.2. The Bertz CT molecular complexity index is 1000. The summed E-state index contributed by atoms with van der Waals surface area (Å²) >= 11 is 1.35. The van der Waals surface area contributed by atoms with Crippen molar-refractivity contribution in [1.82, 2.24) is 9.55 Å². The molecule has 0 bridgehead atoms. The zero-order chi connectivity index (χ0) is 21.3. The van der Waals surface area contributed by atoms with Gasteiger partial charge in [0.05, 0.1) is 31.6 Å². The van der Waals surface area contributed by atoms with E-state index in [9.17, 15) is 9.59 Å². The maximum atomic E-state index is 12.3. The molecule has 0 saturated heterocycles. The molecule has 1 aromatic heterocycles. The van der Waals surface area contributed by atoms with Crippen LogP contribution in [0.5, 0.6) is 5.75 Å². The average molecular weight is 426 g/mol. The number of carbonyl (C=O) groups excluding carboxylic acids is 2. The van der Waals surface area contributed by atoms with E-state index < -0.39 is 0 Å². The van der Waals surface area contributed by atoms with E-state index in [1.54, 1.807) is 44.5 Å². The number of para-hydroxylation sites is 1. The highest BCUT2D eigenvalue weighted by Gasteiger charge is 2.11. The van der Waals surface area contributed by atoms with Crippen molar-refractivity contribution in [2.45, 2.75) is 18.6 Å². The molecular weight excluding hydrogens is 402 g/mol. The van der Waals surface area contributed by atoms with Crippen LogP contribution in [0.4, 0.5) is 5.69 Å². The Morgan fingerprint density at radius 2 is 1.90 bits per heavy atom. The van der Waals surface area contributed by atoms with E-state index in [1.807, 2.05) is 35.0 Å². The number of nitrogens with zero attached hydrogens (tertiary/aromatic N) is 2. The Morgan fingerprint density at radius 1 is 1.13 bits per heavy atom. The first-order chi connectivity index (χ1) is 14.6. The molecule has 0 aliphatic carbocycles. The van der Waals surface area contributed by atoms with E-state index in [4.69, 9.17) is 9.47 Å². The third kappa shape index (κ3) is 5.64. The van der Waals surface area contributed by atoms with Crippen LogP contribution in [0.15, 0.2) is 66.1 Å². The fraction of sp³-hybridized carbons (Fsp3) is 0.227. The third-order valence-corrected chi connectivity index (χ3v) is 5.23. The molecule has 3 aromatic rings. The number of nitrogens with one attached hydrogen (secondary N) is 1. The number of hydrogen-bond acceptors (Lipinski definition) is 6. The van der Waals surface area contributed by atoms with Gasteiger partial charge in [0, 0.05) is 23.6 Å². The van der Waals surface area contributed by atoms with Gasteiger partial charge in [-0.1, -0.05) is 30.0 Å². The number of ether oxygens (including phenoxy) is 2. The number of rotatable bonds is 9. The quantitative estimate of drug-likeness (QED) is 0.414. The first-order valence-electron chi connectivity index (χ1n) is 9.43. The lowest BCUT2D eigenvalue weighted by Crippen LogP contribution is -2.15. The molecule has 3 rings (SSSR count). The van der Waals surface area contributed by atoms with Gasteiger partial charge in [-0.25, -0.2) is 9.78 Å². The summed E-state index contributed by atoms with van der Waals surface area (Å²) in [6.07, 6.45) is 3.59. The Labute approximate surface area is 179 Å². The monoisotopic (exact) mass is 425 g/mol. The number of aromatic nitrogens is 2. The van der Waals surface area contributed by atoms with Crippen LogP contribution < -0.4 is 10.1 Å². The van der Waals surface area contributed by atoms with Crippen LogP contribution in [0.25, 0.3) is 0 Å². The summed E-state index contributed by atoms with van der Waals surface area (Å²) in [5.41, 5.74) is 2.10. The zero-order valence-corrected chi connectivity index (χ0v) is 17.6. The second kappa shape index (κ2) is 10.5. The molecule has 0 saturated carbocycles. The largest absolute Gasteiger partial charge is 0.496 e. The number of carbonyl (C=O) groups is 2. The van der Waals surface area contributed by atoms with Gasteiger partial charge in [-0.2, -0.15) is 0 Å². The molecule has 0 spiro atoms. The van der Waals surface area contributed by atoms with Crippen LogP contribution in [0.2, 0.25) is 0 Å². The number of methoxy groups -OCH3 is 1. The topological polar surface area (TPSA) is 82.5 Å². The minimum Gasteiger partial charge on any atom is -0.496 e. The predicted molar refractivity (Wildman–Crippen MR) is 116 cm³/mol. The number of hydrogen-bond donors (Lipinski definition) is 1. The van der Waals surface area contributed by atoms with Crippen LogP contribution in [-0.4, -0.2) is 40.9 Å². The molecule has 1 N–H and O–H groups in total. The Kier molecular flexibility index (Phi) is 7.51. The fourth-order valence-electron chi connectivity index (χ4n) is 2.80. The molecule has 0 unspecified atom stereocenters. The first-order valence-corrected chi connectivity index (χ1v) is 10.4. The van der Waals surface area contributed by atoms with E-state index in [0.717, 1.165) is 16.5 Å². The maximum absolute atomic E-state index is 12.3. The van der Waals surface area contributed by atoms with Crippen LogP contribution >= 0.6 is 11.8 Å². The lowest BCUT2D eigenvalue weighted by Gasteiger charge is -2.11. The van der Waals surface area contributed by atoms with Crippen molar-refractivity contribution in [3.8, 4) is 5.75 Å². The van der Waals surface area contributed by atoms with Crippen molar-refractivity contribution in [3.05, 3.63) is 72.1 Å². The molecule has 2 aromatic carbocycles. The van der Waals surface area contributed by atoms with E-state index in [1.165, 1.54) is 11.8 Å². The second-order valence-corrected chi connectivity index (χ2v) is 7.23. The van der Waals surface area contributed by atoms with Crippen LogP contribution in [-0.2, 0) is 16.1 Å². The van der Waals surface area contributed by atoms with Crippen molar-refractivity contribution in [2.75, 3.05) is 24.8 Å². The molecule has 0 aliphatic heterocycles. The van der Waals surface area contributed by atoms with Gasteiger partial charge in [0.15, 0.2) is 5.16 Å². The van der Waals surface area contributed by atoms with E-state index in [2.05, 4.69) is 10.3 Å². The van der Waals surface area contributed by atoms with Gasteiger partial charge < -0.3 is 19.4 Å². The van der Waals surface area contributed by atoms with Crippen LogP contribution in [0, 0.1) is 0 Å². The van der Waals surface area contributed by atoms with E-state index >= 15 is 0 Å². The van der Waals surface area contributed by atoms with Crippen molar-refractivity contribution in [2.24, 2.45) is 0 Å². The minimum absolute atomic E-state index is 0.157. The highest BCUT2D eigenvalue weighted by molar-refractivity contribution is 7.99. The summed E-state index contributed by atoms with van der Waals surface area (Å²) < 4.78 is 12.3. The van der Waals surface area contributed by atoms with Gasteiger partial charge in [-0.15, -0.1) is 0 Å². The summed E-state index contributed by atoms with van der Waals surface area (Å²) in [7, 11) is 1.64. The number of thioether (sulfide) groups is 1. The zero-order valence-electron chi connectivity index (χ0n) is 16.8. The predicted octanol–water partition coefficient (Wildman–Crippen LogP) is 3.85. The Morgan fingerprint density at radius 3 is 2.63 bits per heavy atom. The SMILES string of the molecule is CCOC(=O)c1ccc(NC(=O)CSc2nccn2Cc2ccccc2OC)cc1. The van der Waals surface area contributed by atoms with Crippen LogP contribution in [0.1, 0.15) is 22.8 Å². The second-order valence-electron chi connectivity index (χ2n) is 6.28. The van der Waals surface area contributed by atoms with Gasteiger partial charge in [-0.3, -0.25) is 4.79 Å². The van der Waals surface area contributed by atoms with E-state index in [0.29, 0.717) is 24.4 Å². The molecule has 0 aliphatic rings. The smallest absolute Gasteiger partial charge is 0.338 e. The van der Waals surface area contributed by atoms with Crippen molar-refractivity contribution >= 4 is 29.3 Å². The summed E-state index contributed by atoms with van der Waals surface area (Å²) in [5.74, 6) is 0.484. The van der Waals surface area contributed by atoms with Crippen molar-refractivity contribution < 1.29 is 19.1 Å². The summed E-state index contributed by atoms with van der Waals surface area (Å²) in [6.45, 7) is 2.68. The molecule has 0 atom stereocenters. The van der Waals surface area contributed by atoms with Crippen molar-refractivity contribution in [1.29, 1.82) is 0 Å². The molecular formula is C22H23N3O4S. The molecule has 0 radical (unpaired) electrons. The third-order valence-electron chi connectivity index (χ3n) is 4.22. The molecule has 7 nitrogen and oxygen atoms in total. The van der Waals surface area contributed by atoms with Crippen molar-refractivity contribution in [3.63, 3.8) is 0 Å². The maximum Gasteiger partial charge on any atom is 0.338 e. The van der Waals surface area contributed by atoms with Crippen LogP contribution in [0.3, 0.4) is 0 Å². The highest BCUT2D eigenvalue weighted by atomic mass is 32.2. The number of amides is 1.